The predicted molar refractivity (Wildman–Crippen MR) is 143 cm³/mol. The normalized spacial score (nSPS) is 11.8. The van der Waals surface area contributed by atoms with Gasteiger partial charge in [0.15, 0.2) is 0 Å². The molecule has 3 N–H and O–H groups in total. The number of aliphatic carboxylic acids is 1. The molecule has 0 bridgehead atoms. The van der Waals surface area contributed by atoms with Gasteiger partial charge in [-0.3, -0.25) is 9.78 Å². The molecule has 1 amide bonds. The number of nitrogens with one attached hydrogen (secondary N) is 2. The lowest BCUT2D eigenvalue weighted by atomic mass is 9.94. The Kier molecular flexibility index (Phi) is 6.53. The van der Waals surface area contributed by atoms with Gasteiger partial charge in [0.05, 0.1) is 27.7 Å². The van der Waals surface area contributed by atoms with Gasteiger partial charge in [-0.1, -0.05) is 47.5 Å². The minimum atomic E-state index is -1.21. The number of carbonyl (C=O) groups excluding carboxylic acids is 1. The molecule has 3 aromatic carbocycles. The summed E-state index contributed by atoms with van der Waals surface area (Å²) in [5, 5.41) is 23.7. The van der Waals surface area contributed by atoms with E-state index >= 15 is 0 Å². The van der Waals surface area contributed by atoms with Crippen LogP contribution in [0.15, 0.2) is 73.1 Å². The van der Waals surface area contributed by atoms with Gasteiger partial charge in [-0.2, -0.15) is 5.26 Å². The first-order chi connectivity index (χ1) is 17.9. The number of rotatable bonds is 6. The summed E-state index contributed by atoms with van der Waals surface area (Å²) in [4.78, 5) is 32.7. The van der Waals surface area contributed by atoms with E-state index in [0.717, 1.165) is 16.5 Å². The first-order valence-electron chi connectivity index (χ1n) is 11.2. The Hall–Kier alpha value is -4.38. The van der Waals surface area contributed by atoms with Crippen LogP contribution in [0.5, 0.6) is 0 Å². The van der Waals surface area contributed by atoms with Crippen molar-refractivity contribution >= 4 is 56.9 Å². The summed E-state index contributed by atoms with van der Waals surface area (Å²) < 4.78 is 0. The fourth-order valence-electron chi connectivity index (χ4n) is 4.36. The molecule has 5 rings (SSSR count). The molecule has 2 aromatic heterocycles. The molecular weight excluding hydrogens is 511 g/mol. The number of aromatic nitrogens is 2. The molecule has 0 spiro atoms. The quantitative estimate of drug-likeness (QED) is 0.250. The number of hydrogen-bond acceptors (Lipinski definition) is 4. The Balaban J connectivity index is 1.48. The standard InChI is InChI=1S/C28H18Cl2N4O3/c29-22-12-15(14-31)3-5-18(22)19-6-4-16(17-2-1-10-33-26(17)19)13-24(28(36)37)34-27(35)21-7-8-23-20(25(21)30)9-11-32-23/h1-12,24,32H,13H2,(H,34,35)(H,36,37)/t24-/m0/s1. The number of carbonyl (C=O) groups is 2. The van der Waals surface area contributed by atoms with Crippen molar-refractivity contribution < 1.29 is 14.7 Å². The summed E-state index contributed by atoms with van der Waals surface area (Å²) in [5.74, 6) is -1.76. The Labute approximate surface area is 221 Å². The van der Waals surface area contributed by atoms with Gasteiger partial charge in [0.25, 0.3) is 5.91 Å². The van der Waals surface area contributed by atoms with E-state index in [-0.39, 0.29) is 17.0 Å². The van der Waals surface area contributed by atoms with Crippen molar-refractivity contribution in [2.75, 3.05) is 0 Å². The van der Waals surface area contributed by atoms with Gasteiger partial charge in [0, 0.05) is 51.3 Å². The number of amides is 1. The van der Waals surface area contributed by atoms with E-state index in [4.69, 9.17) is 28.5 Å². The highest BCUT2D eigenvalue weighted by molar-refractivity contribution is 6.38. The van der Waals surface area contributed by atoms with Gasteiger partial charge >= 0.3 is 5.97 Å². The van der Waals surface area contributed by atoms with Crippen LogP contribution < -0.4 is 5.32 Å². The van der Waals surface area contributed by atoms with Crippen LogP contribution in [0.2, 0.25) is 10.0 Å². The summed E-state index contributed by atoms with van der Waals surface area (Å²) in [6.45, 7) is 0. The molecule has 0 aliphatic heterocycles. The number of pyridine rings is 1. The molecule has 7 nitrogen and oxygen atoms in total. The van der Waals surface area contributed by atoms with Gasteiger partial charge in [-0.05, 0) is 42.0 Å². The highest BCUT2D eigenvalue weighted by Crippen LogP contribution is 2.35. The number of hydrogen-bond donors (Lipinski definition) is 3. The summed E-state index contributed by atoms with van der Waals surface area (Å²) in [7, 11) is 0. The third-order valence-corrected chi connectivity index (χ3v) is 6.91. The van der Waals surface area contributed by atoms with Crippen molar-refractivity contribution in [2.24, 2.45) is 0 Å². The van der Waals surface area contributed by atoms with Crippen molar-refractivity contribution in [1.82, 2.24) is 15.3 Å². The lowest BCUT2D eigenvalue weighted by Gasteiger charge is -2.18. The predicted octanol–water partition coefficient (Wildman–Crippen LogP) is 5.99. The minimum Gasteiger partial charge on any atom is -0.480 e. The summed E-state index contributed by atoms with van der Waals surface area (Å²) in [6.07, 6.45) is 3.38. The lowest BCUT2D eigenvalue weighted by molar-refractivity contribution is -0.139. The van der Waals surface area contributed by atoms with E-state index in [1.807, 2.05) is 12.1 Å². The van der Waals surface area contributed by atoms with Gasteiger partial charge in [-0.15, -0.1) is 0 Å². The molecule has 0 aliphatic rings. The van der Waals surface area contributed by atoms with Crippen LogP contribution >= 0.6 is 23.2 Å². The van der Waals surface area contributed by atoms with E-state index in [2.05, 4.69) is 21.4 Å². The Morgan fingerprint density at radius 1 is 1.05 bits per heavy atom. The highest BCUT2D eigenvalue weighted by atomic mass is 35.5. The maximum atomic E-state index is 13.0. The molecule has 182 valence electrons. The number of carboxylic acids is 1. The van der Waals surface area contributed by atoms with E-state index in [1.165, 1.54) is 0 Å². The molecule has 0 unspecified atom stereocenters. The van der Waals surface area contributed by atoms with E-state index in [0.29, 0.717) is 32.6 Å². The molecule has 2 heterocycles. The molecule has 0 aliphatic carbocycles. The topological polar surface area (TPSA) is 119 Å². The molecule has 0 radical (unpaired) electrons. The van der Waals surface area contributed by atoms with E-state index in [1.54, 1.807) is 60.9 Å². The van der Waals surface area contributed by atoms with Crippen LogP contribution in [-0.2, 0) is 11.2 Å². The zero-order chi connectivity index (χ0) is 26.1. The second-order valence-corrected chi connectivity index (χ2v) is 9.20. The molecular formula is C28H18Cl2N4O3. The zero-order valence-corrected chi connectivity index (χ0v) is 20.6. The van der Waals surface area contributed by atoms with Crippen LogP contribution in [-0.4, -0.2) is 33.0 Å². The van der Waals surface area contributed by atoms with Crippen LogP contribution in [0.1, 0.15) is 21.5 Å². The van der Waals surface area contributed by atoms with Crippen molar-refractivity contribution in [3.05, 3.63) is 99.8 Å². The fourth-order valence-corrected chi connectivity index (χ4v) is 4.95. The first-order valence-corrected chi connectivity index (χ1v) is 12.0. The highest BCUT2D eigenvalue weighted by Gasteiger charge is 2.24. The number of H-pyrrole nitrogens is 1. The molecule has 5 aromatic rings. The molecule has 1 atom stereocenters. The zero-order valence-electron chi connectivity index (χ0n) is 19.1. The number of carboxylic acid groups (broad SMARTS) is 1. The maximum absolute atomic E-state index is 13.0. The van der Waals surface area contributed by atoms with Crippen LogP contribution in [0.25, 0.3) is 32.9 Å². The Morgan fingerprint density at radius 2 is 1.86 bits per heavy atom. The smallest absolute Gasteiger partial charge is 0.326 e. The average Bonchev–Trinajstić information content (AvgIpc) is 3.38. The number of nitrogens with zero attached hydrogens (tertiary/aromatic N) is 2. The fraction of sp³-hybridized carbons (Fsp3) is 0.0714. The number of fused-ring (bicyclic) bond motifs is 2. The van der Waals surface area contributed by atoms with Gasteiger partial charge < -0.3 is 15.4 Å². The van der Waals surface area contributed by atoms with Gasteiger partial charge in [-0.25, -0.2) is 4.79 Å². The average molecular weight is 529 g/mol. The van der Waals surface area contributed by atoms with Crippen LogP contribution in [0.4, 0.5) is 0 Å². The number of nitriles is 1. The second-order valence-electron chi connectivity index (χ2n) is 8.41. The summed E-state index contributed by atoms with van der Waals surface area (Å²) in [5.41, 5.74) is 4.18. The lowest BCUT2D eigenvalue weighted by Crippen LogP contribution is -2.42. The number of aromatic amines is 1. The van der Waals surface area contributed by atoms with Crippen molar-refractivity contribution in [1.29, 1.82) is 5.26 Å². The van der Waals surface area contributed by atoms with Crippen LogP contribution in [0, 0.1) is 11.3 Å². The summed E-state index contributed by atoms with van der Waals surface area (Å²) in [6, 6.07) is 18.1. The molecule has 37 heavy (non-hydrogen) atoms. The molecule has 9 heteroatoms. The maximum Gasteiger partial charge on any atom is 0.326 e. The number of benzene rings is 3. The molecule has 0 fully saturated rings. The minimum absolute atomic E-state index is 0.0225. The van der Waals surface area contributed by atoms with Crippen LogP contribution in [0.3, 0.4) is 0 Å². The SMILES string of the molecule is N#Cc1ccc(-c2ccc(C[C@H](NC(=O)c3ccc4[nH]ccc4c3Cl)C(=O)O)c3cccnc23)c(Cl)c1. The van der Waals surface area contributed by atoms with Crippen molar-refractivity contribution in [3.63, 3.8) is 0 Å². The number of halogens is 2. The van der Waals surface area contributed by atoms with E-state index < -0.39 is 17.9 Å². The monoisotopic (exact) mass is 528 g/mol. The third-order valence-electron chi connectivity index (χ3n) is 6.19. The van der Waals surface area contributed by atoms with Crippen molar-refractivity contribution in [2.45, 2.75) is 12.5 Å². The second kappa shape index (κ2) is 9.94. The van der Waals surface area contributed by atoms with Crippen molar-refractivity contribution in [3.8, 4) is 17.2 Å². The largest absolute Gasteiger partial charge is 0.480 e. The van der Waals surface area contributed by atoms with Gasteiger partial charge in [0.1, 0.15) is 6.04 Å². The molecule has 0 saturated carbocycles. The third kappa shape index (κ3) is 4.60. The Morgan fingerprint density at radius 3 is 2.62 bits per heavy atom. The first kappa shape index (κ1) is 24.3. The van der Waals surface area contributed by atoms with Gasteiger partial charge in [0.2, 0.25) is 0 Å². The molecule has 0 saturated heterocycles. The van der Waals surface area contributed by atoms with E-state index in [9.17, 15) is 14.7 Å². The Bertz CT molecular complexity index is 1740. The summed E-state index contributed by atoms with van der Waals surface area (Å²) >= 11 is 12.9.